The summed E-state index contributed by atoms with van der Waals surface area (Å²) in [6.07, 6.45) is 1.43. The first-order valence-corrected chi connectivity index (χ1v) is 11.6. The van der Waals surface area contributed by atoms with Crippen LogP contribution >= 0.6 is 0 Å². The molecule has 2 aliphatic rings. The number of hydrogen-bond acceptors (Lipinski definition) is 6. The normalized spacial score (nSPS) is 23.7. The molecule has 0 radical (unpaired) electrons. The quantitative estimate of drug-likeness (QED) is 0.641. The first kappa shape index (κ1) is 22.1. The molecular formula is C22H25N3O6S. The second-order valence-corrected chi connectivity index (χ2v) is 9.83. The molecule has 32 heavy (non-hydrogen) atoms. The molecule has 9 nitrogen and oxygen atoms in total. The van der Waals surface area contributed by atoms with E-state index < -0.39 is 27.5 Å². The average Bonchev–Trinajstić information content (AvgIpc) is 3.38. The van der Waals surface area contributed by atoms with Gasteiger partial charge < -0.3 is 14.8 Å². The van der Waals surface area contributed by atoms with Crippen LogP contribution in [-0.2, 0) is 20.4 Å². The Morgan fingerprint density at radius 1 is 1.06 bits per heavy atom. The number of methoxy groups -OCH3 is 2. The van der Waals surface area contributed by atoms with E-state index in [1.54, 1.807) is 7.11 Å². The van der Waals surface area contributed by atoms with Crippen LogP contribution in [0.15, 0.2) is 47.4 Å². The lowest BCUT2D eigenvalue weighted by Gasteiger charge is -2.27. The van der Waals surface area contributed by atoms with E-state index in [1.807, 2.05) is 24.3 Å². The zero-order valence-corrected chi connectivity index (χ0v) is 18.9. The zero-order valence-electron chi connectivity index (χ0n) is 18.0. The highest BCUT2D eigenvalue weighted by molar-refractivity contribution is 7.89. The smallest absolute Gasteiger partial charge is 0.322 e. The van der Waals surface area contributed by atoms with Crippen LogP contribution in [0.3, 0.4) is 0 Å². The second-order valence-electron chi connectivity index (χ2n) is 7.94. The van der Waals surface area contributed by atoms with E-state index in [0.717, 1.165) is 12.0 Å². The summed E-state index contributed by atoms with van der Waals surface area (Å²) in [6.45, 7) is 1.90. The highest BCUT2D eigenvalue weighted by atomic mass is 32.2. The Hall–Kier alpha value is -3.11. The number of imide groups is 1. The van der Waals surface area contributed by atoms with Crippen molar-refractivity contribution in [1.82, 2.24) is 14.9 Å². The molecule has 0 bridgehead atoms. The van der Waals surface area contributed by atoms with Gasteiger partial charge in [0.2, 0.25) is 10.0 Å². The van der Waals surface area contributed by atoms with Crippen LogP contribution in [0.2, 0.25) is 0 Å². The maximum atomic E-state index is 13.6. The summed E-state index contributed by atoms with van der Waals surface area (Å²) in [5.74, 6) is 0.427. The number of rotatable bonds is 6. The predicted molar refractivity (Wildman–Crippen MR) is 116 cm³/mol. The topological polar surface area (TPSA) is 114 Å². The number of hydrogen-bond donors (Lipinski definition) is 2. The van der Waals surface area contributed by atoms with Gasteiger partial charge in [-0.3, -0.25) is 10.1 Å². The number of sulfonamides is 1. The Morgan fingerprint density at radius 2 is 1.78 bits per heavy atom. The molecular weight excluding hydrogens is 434 g/mol. The van der Waals surface area contributed by atoms with Gasteiger partial charge in [0.05, 0.1) is 25.2 Å². The van der Waals surface area contributed by atoms with Crippen LogP contribution < -0.4 is 20.1 Å². The number of urea groups is 1. The molecule has 0 aliphatic carbocycles. The van der Waals surface area contributed by atoms with Crippen molar-refractivity contribution in [3.63, 3.8) is 0 Å². The van der Waals surface area contributed by atoms with Gasteiger partial charge in [0, 0.05) is 12.1 Å². The fourth-order valence-electron chi connectivity index (χ4n) is 4.29. The lowest BCUT2D eigenvalue weighted by atomic mass is 9.91. The van der Waals surface area contributed by atoms with E-state index in [2.05, 4.69) is 10.6 Å². The number of amides is 3. The molecule has 2 aromatic carbocycles. The van der Waals surface area contributed by atoms with Gasteiger partial charge >= 0.3 is 6.03 Å². The van der Waals surface area contributed by atoms with Gasteiger partial charge in [0.1, 0.15) is 17.0 Å². The molecule has 0 saturated carbocycles. The van der Waals surface area contributed by atoms with E-state index in [1.165, 1.54) is 36.5 Å². The Labute approximate surface area is 186 Å². The first-order valence-electron chi connectivity index (χ1n) is 10.2. The third-order valence-electron chi connectivity index (χ3n) is 6.07. The number of benzene rings is 2. The van der Waals surface area contributed by atoms with Crippen LogP contribution in [-0.4, -0.2) is 45.4 Å². The Kier molecular flexibility index (Phi) is 5.59. The maximum absolute atomic E-state index is 13.6. The van der Waals surface area contributed by atoms with Gasteiger partial charge in [0.15, 0.2) is 0 Å². The van der Waals surface area contributed by atoms with Gasteiger partial charge in [-0.05, 0) is 55.7 Å². The van der Waals surface area contributed by atoms with Crippen molar-refractivity contribution in [2.45, 2.75) is 36.2 Å². The van der Waals surface area contributed by atoms with Crippen molar-refractivity contribution < 1.29 is 27.5 Å². The van der Waals surface area contributed by atoms with Crippen LogP contribution in [0.1, 0.15) is 36.9 Å². The Balaban J connectivity index is 1.73. The minimum absolute atomic E-state index is 0.0314. The van der Waals surface area contributed by atoms with Crippen LogP contribution in [0.25, 0.3) is 0 Å². The molecule has 0 spiro atoms. The SMILES string of the molecule is COc1ccc([C@H]2CCCN2S(=O)(=O)c2ccc(OC)c([C@]3(C)NC(=O)NC3=O)c2)cc1. The van der Waals surface area contributed by atoms with Crippen molar-refractivity contribution in [1.29, 1.82) is 0 Å². The molecule has 170 valence electrons. The highest BCUT2D eigenvalue weighted by Gasteiger charge is 2.46. The molecule has 10 heteroatoms. The number of ether oxygens (including phenoxy) is 2. The van der Waals surface area contributed by atoms with Crippen molar-refractivity contribution in [2.75, 3.05) is 20.8 Å². The zero-order chi connectivity index (χ0) is 23.1. The second kappa shape index (κ2) is 8.10. The van der Waals surface area contributed by atoms with Gasteiger partial charge in [0.25, 0.3) is 5.91 Å². The Bertz CT molecular complexity index is 1160. The van der Waals surface area contributed by atoms with E-state index in [-0.39, 0.29) is 16.5 Å². The van der Waals surface area contributed by atoms with E-state index in [9.17, 15) is 18.0 Å². The fraction of sp³-hybridized carbons (Fsp3) is 0.364. The summed E-state index contributed by atoms with van der Waals surface area (Å²) in [5.41, 5.74) is -0.298. The average molecular weight is 460 g/mol. The minimum Gasteiger partial charge on any atom is -0.497 e. The van der Waals surface area contributed by atoms with Crippen molar-refractivity contribution in [2.24, 2.45) is 0 Å². The van der Waals surface area contributed by atoms with E-state index in [0.29, 0.717) is 24.5 Å². The highest BCUT2D eigenvalue weighted by Crippen LogP contribution is 2.39. The lowest BCUT2D eigenvalue weighted by molar-refractivity contribution is -0.123. The molecule has 3 amide bonds. The number of nitrogens with one attached hydrogen (secondary N) is 2. The number of nitrogens with zero attached hydrogens (tertiary/aromatic N) is 1. The van der Waals surface area contributed by atoms with Crippen LogP contribution in [0, 0.1) is 0 Å². The van der Waals surface area contributed by atoms with Gasteiger partial charge in [-0.2, -0.15) is 4.31 Å². The summed E-state index contributed by atoms with van der Waals surface area (Å²) in [4.78, 5) is 24.3. The summed E-state index contributed by atoms with van der Waals surface area (Å²) < 4.78 is 39.3. The lowest BCUT2D eigenvalue weighted by Crippen LogP contribution is -2.41. The standard InChI is InChI=1S/C22H25N3O6S/c1-22(20(26)23-21(27)24-22)17-13-16(10-11-19(17)31-3)32(28,29)25-12-4-5-18(25)14-6-8-15(30-2)9-7-14/h6-11,13,18H,4-5,12H2,1-3H3,(H2,23,24,26,27)/t18-,22+/m1/s1. The third-order valence-corrected chi connectivity index (χ3v) is 7.97. The Morgan fingerprint density at radius 3 is 2.38 bits per heavy atom. The molecule has 2 fully saturated rings. The maximum Gasteiger partial charge on any atom is 0.322 e. The van der Waals surface area contributed by atoms with Crippen molar-refractivity contribution in [3.05, 3.63) is 53.6 Å². The van der Waals surface area contributed by atoms with Gasteiger partial charge in [-0.25, -0.2) is 13.2 Å². The summed E-state index contributed by atoms with van der Waals surface area (Å²) in [6, 6.07) is 10.8. The molecule has 2 aromatic rings. The molecule has 2 saturated heterocycles. The van der Waals surface area contributed by atoms with Crippen molar-refractivity contribution in [3.8, 4) is 11.5 Å². The summed E-state index contributed by atoms with van der Waals surface area (Å²) >= 11 is 0. The van der Waals surface area contributed by atoms with Crippen LogP contribution in [0.4, 0.5) is 4.79 Å². The molecule has 2 atom stereocenters. The third kappa shape index (κ3) is 3.59. The first-order chi connectivity index (χ1) is 15.2. The van der Waals surface area contributed by atoms with E-state index >= 15 is 0 Å². The van der Waals surface area contributed by atoms with E-state index in [4.69, 9.17) is 9.47 Å². The minimum atomic E-state index is -3.88. The van der Waals surface area contributed by atoms with Gasteiger partial charge in [-0.1, -0.05) is 12.1 Å². The fourth-order valence-corrected chi connectivity index (χ4v) is 6.00. The molecule has 4 rings (SSSR count). The molecule has 0 unspecified atom stereocenters. The molecule has 2 aliphatic heterocycles. The summed E-state index contributed by atoms with van der Waals surface area (Å²) in [5, 5.41) is 4.76. The van der Waals surface area contributed by atoms with Crippen LogP contribution in [0.5, 0.6) is 11.5 Å². The molecule has 0 aromatic heterocycles. The predicted octanol–water partition coefficient (Wildman–Crippen LogP) is 2.28. The largest absolute Gasteiger partial charge is 0.497 e. The monoisotopic (exact) mass is 459 g/mol. The molecule has 2 heterocycles. The number of carbonyl (C=O) groups is 2. The van der Waals surface area contributed by atoms with Gasteiger partial charge in [-0.15, -0.1) is 0 Å². The number of carbonyl (C=O) groups excluding carboxylic acids is 2. The molecule has 2 N–H and O–H groups in total. The summed E-state index contributed by atoms with van der Waals surface area (Å²) in [7, 11) is -0.883. The van der Waals surface area contributed by atoms with Crippen molar-refractivity contribution >= 4 is 22.0 Å².